The number of ether oxygens (including phenoxy) is 2. The maximum absolute atomic E-state index is 12.0. The van der Waals surface area contributed by atoms with Crippen LogP contribution in [-0.4, -0.2) is 32.1 Å². The van der Waals surface area contributed by atoms with Crippen LogP contribution in [0.2, 0.25) is 0 Å². The highest BCUT2D eigenvalue weighted by Gasteiger charge is 2.13. The van der Waals surface area contributed by atoms with Crippen LogP contribution in [0.25, 0.3) is 0 Å². The summed E-state index contributed by atoms with van der Waals surface area (Å²) in [5.74, 6) is 0.172. The van der Waals surface area contributed by atoms with Crippen molar-refractivity contribution in [2.45, 2.75) is 26.2 Å². The normalized spacial score (nSPS) is 10.1. The topological polar surface area (TPSA) is 76.7 Å². The predicted octanol–water partition coefficient (Wildman–Crippen LogP) is 3.17. The lowest BCUT2D eigenvalue weighted by Gasteiger charge is -2.09. The molecule has 2 amide bonds. The Kier molecular flexibility index (Phi) is 8.16. The van der Waals surface area contributed by atoms with Crippen LogP contribution >= 0.6 is 0 Å². The predicted molar refractivity (Wildman–Crippen MR) is 105 cm³/mol. The van der Waals surface area contributed by atoms with E-state index in [2.05, 4.69) is 17.6 Å². The number of carbonyl (C=O) groups excluding carboxylic acids is 2. The molecule has 6 heteroatoms. The Hall–Kier alpha value is -3.02. The van der Waals surface area contributed by atoms with Gasteiger partial charge in [-0.3, -0.25) is 9.59 Å². The molecule has 27 heavy (non-hydrogen) atoms. The highest BCUT2D eigenvalue weighted by molar-refractivity contribution is 6.39. The number of rotatable bonds is 9. The van der Waals surface area contributed by atoms with Gasteiger partial charge in [-0.05, 0) is 54.8 Å². The van der Waals surface area contributed by atoms with E-state index in [9.17, 15) is 9.59 Å². The van der Waals surface area contributed by atoms with E-state index in [0.717, 1.165) is 29.9 Å². The van der Waals surface area contributed by atoms with E-state index in [-0.39, 0.29) is 0 Å². The molecule has 0 radical (unpaired) electrons. The molecule has 2 rings (SSSR count). The second-order valence-electron chi connectivity index (χ2n) is 6.03. The van der Waals surface area contributed by atoms with E-state index in [1.54, 1.807) is 31.4 Å². The molecule has 0 saturated carbocycles. The van der Waals surface area contributed by atoms with E-state index in [4.69, 9.17) is 9.47 Å². The number of hydrogen-bond donors (Lipinski definition) is 2. The van der Waals surface area contributed by atoms with Crippen molar-refractivity contribution < 1.29 is 19.1 Å². The summed E-state index contributed by atoms with van der Waals surface area (Å²) in [5, 5.41) is 5.20. The molecule has 0 fully saturated rings. The summed E-state index contributed by atoms with van der Waals surface area (Å²) in [6, 6.07) is 14.5. The van der Waals surface area contributed by atoms with Crippen LogP contribution in [-0.2, 0) is 16.0 Å². The van der Waals surface area contributed by atoms with Gasteiger partial charge in [-0.1, -0.05) is 25.5 Å². The maximum atomic E-state index is 12.0. The molecule has 2 aromatic rings. The summed E-state index contributed by atoms with van der Waals surface area (Å²) in [6.07, 6.45) is 2.70. The second kappa shape index (κ2) is 10.9. The summed E-state index contributed by atoms with van der Waals surface area (Å²) in [6.45, 7) is 3.14. The fraction of sp³-hybridized carbons (Fsp3) is 0.333. The van der Waals surface area contributed by atoms with Gasteiger partial charge >= 0.3 is 11.8 Å². The number of methoxy groups -OCH3 is 1. The summed E-state index contributed by atoms with van der Waals surface area (Å²) in [5.41, 5.74) is 1.60. The standard InChI is InChI=1S/C21H26N2O4/c1-3-4-15-27-19-11-7-17(8-12-19)23-21(25)20(24)22-14-13-16-5-9-18(26-2)10-6-16/h5-12H,3-4,13-15H2,1-2H3,(H,22,24)(H,23,25). The molecule has 0 aliphatic carbocycles. The number of benzene rings is 2. The summed E-state index contributed by atoms with van der Waals surface area (Å²) in [4.78, 5) is 23.9. The van der Waals surface area contributed by atoms with Crippen LogP contribution in [0.1, 0.15) is 25.3 Å². The monoisotopic (exact) mass is 370 g/mol. The minimum absolute atomic E-state index is 0.378. The van der Waals surface area contributed by atoms with Gasteiger partial charge in [-0.25, -0.2) is 0 Å². The number of nitrogens with one attached hydrogen (secondary N) is 2. The van der Waals surface area contributed by atoms with Crippen LogP contribution < -0.4 is 20.1 Å². The smallest absolute Gasteiger partial charge is 0.313 e. The average Bonchev–Trinajstić information content (AvgIpc) is 2.70. The fourth-order valence-electron chi connectivity index (χ4n) is 2.35. The van der Waals surface area contributed by atoms with Gasteiger partial charge in [0.25, 0.3) is 0 Å². The van der Waals surface area contributed by atoms with Gasteiger partial charge in [-0.2, -0.15) is 0 Å². The molecule has 0 atom stereocenters. The van der Waals surface area contributed by atoms with Crippen LogP contribution in [0.5, 0.6) is 11.5 Å². The lowest BCUT2D eigenvalue weighted by atomic mass is 10.1. The van der Waals surface area contributed by atoms with E-state index < -0.39 is 11.8 Å². The molecule has 2 aromatic carbocycles. The van der Waals surface area contributed by atoms with Crippen LogP contribution in [0.3, 0.4) is 0 Å². The van der Waals surface area contributed by atoms with Gasteiger partial charge in [0.1, 0.15) is 11.5 Å². The van der Waals surface area contributed by atoms with Crippen molar-refractivity contribution in [3.63, 3.8) is 0 Å². The molecule has 6 nitrogen and oxygen atoms in total. The highest BCUT2D eigenvalue weighted by atomic mass is 16.5. The molecular weight excluding hydrogens is 344 g/mol. The fourth-order valence-corrected chi connectivity index (χ4v) is 2.35. The molecule has 0 aliphatic rings. The minimum Gasteiger partial charge on any atom is -0.497 e. The van der Waals surface area contributed by atoms with Crippen LogP contribution in [0.4, 0.5) is 5.69 Å². The Balaban J connectivity index is 1.73. The maximum Gasteiger partial charge on any atom is 0.313 e. The number of carbonyl (C=O) groups is 2. The molecule has 2 N–H and O–H groups in total. The molecule has 0 unspecified atom stereocenters. The Labute approximate surface area is 159 Å². The Morgan fingerprint density at radius 2 is 1.59 bits per heavy atom. The number of hydrogen-bond acceptors (Lipinski definition) is 4. The Morgan fingerprint density at radius 1 is 0.926 bits per heavy atom. The van der Waals surface area contributed by atoms with Crippen molar-refractivity contribution in [3.8, 4) is 11.5 Å². The van der Waals surface area contributed by atoms with Crippen molar-refractivity contribution in [1.29, 1.82) is 0 Å². The van der Waals surface area contributed by atoms with Gasteiger partial charge in [0.15, 0.2) is 0 Å². The molecule has 0 bridgehead atoms. The van der Waals surface area contributed by atoms with Crippen molar-refractivity contribution in [1.82, 2.24) is 5.32 Å². The van der Waals surface area contributed by atoms with Gasteiger partial charge < -0.3 is 20.1 Å². The largest absolute Gasteiger partial charge is 0.497 e. The summed E-state index contributed by atoms with van der Waals surface area (Å²) < 4.78 is 10.7. The highest BCUT2D eigenvalue weighted by Crippen LogP contribution is 2.16. The second-order valence-corrected chi connectivity index (χ2v) is 6.03. The van der Waals surface area contributed by atoms with Crippen molar-refractivity contribution in [3.05, 3.63) is 54.1 Å². The van der Waals surface area contributed by atoms with Crippen molar-refractivity contribution >= 4 is 17.5 Å². The Morgan fingerprint density at radius 3 is 2.22 bits per heavy atom. The molecule has 0 aromatic heterocycles. The van der Waals surface area contributed by atoms with Gasteiger partial charge in [-0.15, -0.1) is 0 Å². The third kappa shape index (κ3) is 7.01. The van der Waals surface area contributed by atoms with Crippen LogP contribution in [0, 0.1) is 0 Å². The molecule has 0 saturated heterocycles. The number of amides is 2. The zero-order valence-corrected chi connectivity index (χ0v) is 15.8. The number of unbranched alkanes of at least 4 members (excludes halogenated alkanes) is 1. The average molecular weight is 370 g/mol. The molecular formula is C21H26N2O4. The van der Waals surface area contributed by atoms with E-state index >= 15 is 0 Å². The summed E-state index contributed by atoms with van der Waals surface area (Å²) in [7, 11) is 1.61. The number of anilines is 1. The van der Waals surface area contributed by atoms with Gasteiger partial charge in [0.2, 0.25) is 0 Å². The molecule has 0 spiro atoms. The third-order valence-electron chi connectivity index (χ3n) is 3.94. The van der Waals surface area contributed by atoms with Gasteiger partial charge in [0.05, 0.1) is 13.7 Å². The Bertz CT molecular complexity index is 727. The first-order valence-electron chi connectivity index (χ1n) is 9.07. The van der Waals surface area contributed by atoms with E-state index in [1.165, 1.54) is 0 Å². The zero-order chi connectivity index (χ0) is 19.5. The first kappa shape index (κ1) is 20.3. The first-order valence-corrected chi connectivity index (χ1v) is 9.07. The molecule has 0 heterocycles. The summed E-state index contributed by atoms with van der Waals surface area (Å²) >= 11 is 0. The van der Waals surface area contributed by atoms with Gasteiger partial charge in [0, 0.05) is 12.2 Å². The lowest BCUT2D eigenvalue weighted by Crippen LogP contribution is -2.36. The molecule has 0 aliphatic heterocycles. The SMILES string of the molecule is CCCCOc1ccc(NC(=O)C(=O)NCCc2ccc(OC)cc2)cc1. The zero-order valence-electron chi connectivity index (χ0n) is 15.8. The lowest BCUT2D eigenvalue weighted by molar-refractivity contribution is -0.136. The van der Waals surface area contributed by atoms with Crippen molar-refractivity contribution in [2.75, 3.05) is 25.6 Å². The van der Waals surface area contributed by atoms with E-state index in [0.29, 0.717) is 25.3 Å². The first-order chi connectivity index (χ1) is 13.1. The van der Waals surface area contributed by atoms with E-state index in [1.807, 2.05) is 24.3 Å². The third-order valence-corrected chi connectivity index (χ3v) is 3.94. The van der Waals surface area contributed by atoms with Crippen LogP contribution in [0.15, 0.2) is 48.5 Å². The molecule has 144 valence electrons. The minimum atomic E-state index is -0.690. The van der Waals surface area contributed by atoms with Crippen molar-refractivity contribution in [2.24, 2.45) is 0 Å². The quantitative estimate of drug-likeness (QED) is 0.525.